The standard InChI is InChI=1S/C22H26FN3O2/c1-22(2)14-6-5-13(17(22)10-14)9-19(27)25-26-20(12-3-4-12)24-18-11-15(23)7-8-16(18)21(26)28/h7-8,11-14,17H,3-6,9-10H2,1-2H3,(H,25,27)/t13-,14-,17+/m0/s1. The third kappa shape index (κ3) is 2.76. The lowest BCUT2D eigenvalue weighted by molar-refractivity contribution is -0.129. The summed E-state index contributed by atoms with van der Waals surface area (Å²) < 4.78 is 14.9. The van der Waals surface area contributed by atoms with E-state index in [1.54, 1.807) is 0 Å². The Balaban J connectivity index is 1.42. The van der Waals surface area contributed by atoms with Gasteiger partial charge in [-0.1, -0.05) is 13.8 Å². The molecule has 1 aromatic carbocycles. The maximum atomic E-state index is 13.6. The predicted octanol–water partition coefficient (Wildman–Crippen LogP) is 3.95. The third-order valence-corrected chi connectivity index (χ3v) is 7.49. The third-order valence-electron chi connectivity index (χ3n) is 7.49. The number of benzene rings is 1. The van der Waals surface area contributed by atoms with Crippen LogP contribution in [0.4, 0.5) is 4.39 Å². The fourth-order valence-corrected chi connectivity index (χ4v) is 5.51. The van der Waals surface area contributed by atoms with Crippen LogP contribution < -0.4 is 11.0 Å². The zero-order valence-electron chi connectivity index (χ0n) is 16.4. The lowest BCUT2D eigenvalue weighted by Crippen LogP contribution is -2.53. The number of carbonyl (C=O) groups excluding carboxylic acids is 1. The van der Waals surface area contributed by atoms with Crippen LogP contribution in [0.5, 0.6) is 0 Å². The SMILES string of the molecule is CC1(C)[C@H]2CC[C@@H](CC(=O)Nn3c(C4CC4)nc4cc(F)ccc4c3=O)[C@H]1C2. The minimum absolute atomic E-state index is 0.126. The van der Waals surface area contributed by atoms with E-state index in [1.807, 2.05) is 0 Å². The Morgan fingerprint density at radius 3 is 2.75 bits per heavy atom. The number of nitrogens with one attached hydrogen (secondary N) is 1. The monoisotopic (exact) mass is 383 g/mol. The lowest BCUT2D eigenvalue weighted by atomic mass is 9.45. The maximum absolute atomic E-state index is 13.6. The van der Waals surface area contributed by atoms with Crippen LogP contribution in [0.15, 0.2) is 23.0 Å². The van der Waals surface area contributed by atoms with Gasteiger partial charge >= 0.3 is 0 Å². The number of carbonyl (C=O) groups is 1. The smallest absolute Gasteiger partial charge is 0.273 e. The van der Waals surface area contributed by atoms with Crippen LogP contribution in [0.2, 0.25) is 0 Å². The van der Waals surface area contributed by atoms with Crippen molar-refractivity contribution in [3.63, 3.8) is 0 Å². The van der Waals surface area contributed by atoms with Gasteiger partial charge in [-0.3, -0.25) is 15.0 Å². The van der Waals surface area contributed by atoms with Gasteiger partial charge in [0.15, 0.2) is 0 Å². The molecule has 0 saturated heterocycles. The second-order valence-corrected chi connectivity index (χ2v) is 9.48. The first-order valence-electron chi connectivity index (χ1n) is 10.4. The first-order valence-corrected chi connectivity index (χ1v) is 10.4. The fraction of sp³-hybridized carbons (Fsp3) is 0.591. The van der Waals surface area contributed by atoms with E-state index in [9.17, 15) is 14.0 Å². The Morgan fingerprint density at radius 1 is 1.29 bits per heavy atom. The number of nitrogens with zero attached hydrogens (tertiary/aromatic N) is 2. The Hall–Kier alpha value is -2.24. The molecule has 1 N–H and O–H groups in total. The van der Waals surface area contributed by atoms with Crippen LogP contribution in [0, 0.1) is 29.0 Å². The molecule has 0 spiro atoms. The van der Waals surface area contributed by atoms with Crippen molar-refractivity contribution in [2.24, 2.45) is 23.2 Å². The van der Waals surface area contributed by atoms with E-state index >= 15 is 0 Å². The predicted molar refractivity (Wildman–Crippen MR) is 105 cm³/mol. The summed E-state index contributed by atoms with van der Waals surface area (Å²) in [4.78, 5) is 30.3. The van der Waals surface area contributed by atoms with Crippen molar-refractivity contribution in [1.29, 1.82) is 0 Å². The van der Waals surface area contributed by atoms with Crippen molar-refractivity contribution in [1.82, 2.24) is 9.66 Å². The molecule has 4 aliphatic carbocycles. The van der Waals surface area contributed by atoms with Crippen LogP contribution in [-0.2, 0) is 4.79 Å². The summed E-state index contributed by atoms with van der Waals surface area (Å²) in [6.07, 6.45) is 5.82. The number of fused-ring (bicyclic) bond motifs is 3. The molecule has 1 heterocycles. The number of amides is 1. The number of hydrogen-bond donors (Lipinski definition) is 1. The Morgan fingerprint density at radius 2 is 2.07 bits per heavy atom. The molecule has 4 fully saturated rings. The maximum Gasteiger partial charge on any atom is 0.280 e. The molecule has 6 rings (SSSR count). The van der Waals surface area contributed by atoms with Gasteiger partial charge in [-0.05, 0) is 67.4 Å². The molecule has 0 aliphatic heterocycles. The second kappa shape index (κ2) is 6.13. The van der Waals surface area contributed by atoms with Crippen LogP contribution in [0.3, 0.4) is 0 Å². The molecule has 2 bridgehead atoms. The topological polar surface area (TPSA) is 64.0 Å². The van der Waals surface area contributed by atoms with Gasteiger partial charge in [0.2, 0.25) is 5.91 Å². The normalized spacial score (nSPS) is 28.0. The quantitative estimate of drug-likeness (QED) is 0.870. The Labute approximate surface area is 163 Å². The molecule has 148 valence electrons. The van der Waals surface area contributed by atoms with Crippen molar-refractivity contribution in [2.45, 2.75) is 58.3 Å². The number of halogens is 1. The zero-order valence-corrected chi connectivity index (χ0v) is 16.4. The largest absolute Gasteiger partial charge is 0.280 e. The van der Waals surface area contributed by atoms with Crippen LogP contribution in [-0.4, -0.2) is 15.6 Å². The summed E-state index contributed by atoms with van der Waals surface area (Å²) in [6.45, 7) is 4.63. The highest BCUT2D eigenvalue weighted by atomic mass is 19.1. The van der Waals surface area contributed by atoms with Crippen molar-refractivity contribution in [3.05, 3.63) is 40.2 Å². The highest BCUT2D eigenvalue weighted by Crippen LogP contribution is 2.61. The first kappa shape index (κ1) is 17.8. The molecule has 1 amide bonds. The Kier molecular flexibility index (Phi) is 3.90. The zero-order chi connectivity index (χ0) is 19.6. The molecule has 0 radical (unpaired) electrons. The molecule has 3 atom stereocenters. The highest BCUT2D eigenvalue weighted by molar-refractivity contribution is 5.85. The van der Waals surface area contributed by atoms with Gasteiger partial charge in [-0.25, -0.2) is 14.1 Å². The molecule has 28 heavy (non-hydrogen) atoms. The van der Waals surface area contributed by atoms with Gasteiger partial charge < -0.3 is 0 Å². The summed E-state index contributed by atoms with van der Waals surface area (Å²) in [6, 6.07) is 3.98. The first-order chi connectivity index (χ1) is 13.3. The molecule has 5 nitrogen and oxygen atoms in total. The van der Waals surface area contributed by atoms with E-state index in [1.165, 1.54) is 35.7 Å². The van der Waals surface area contributed by atoms with E-state index in [4.69, 9.17) is 0 Å². The van der Waals surface area contributed by atoms with Crippen molar-refractivity contribution >= 4 is 16.8 Å². The number of aromatic nitrogens is 2. The van der Waals surface area contributed by atoms with Gasteiger partial charge in [-0.15, -0.1) is 0 Å². The summed E-state index contributed by atoms with van der Waals surface area (Å²) in [5.41, 5.74) is 3.18. The number of hydrogen-bond acceptors (Lipinski definition) is 3. The van der Waals surface area contributed by atoms with Gasteiger partial charge in [0.1, 0.15) is 11.6 Å². The molecule has 2 aromatic rings. The van der Waals surface area contributed by atoms with E-state index in [0.717, 1.165) is 25.2 Å². The highest BCUT2D eigenvalue weighted by Gasteiger charge is 2.54. The van der Waals surface area contributed by atoms with Gasteiger partial charge in [0, 0.05) is 18.4 Å². The van der Waals surface area contributed by atoms with Crippen LogP contribution in [0.25, 0.3) is 10.9 Å². The summed E-state index contributed by atoms with van der Waals surface area (Å²) in [5, 5.41) is 0.326. The van der Waals surface area contributed by atoms with E-state index in [0.29, 0.717) is 40.4 Å². The summed E-state index contributed by atoms with van der Waals surface area (Å²) >= 11 is 0. The van der Waals surface area contributed by atoms with Crippen LogP contribution in [0.1, 0.15) is 64.1 Å². The lowest BCUT2D eigenvalue weighted by Gasteiger charge is -2.60. The molecule has 1 aromatic heterocycles. The average Bonchev–Trinajstić information content (AvgIpc) is 3.48. The molecule has 4 saturated carbocycles. The van der Waals surface area contributed by atoms with E-state index in [2.05, 4.69) is 24.3 Å². The molecule has 6 heteroatoms. The van der Waals surface area contributed by atoms with Gasteiger partial charge in [-0.2, -0.15) is 0 Å². The number of rotatable bonds is 4. The van der Waals surface area contributed by atoms with Gasteiger partial charge in [0.25, 0.3) is 5.56 Å². The van der Waals surface area contributed by atoms with Crippen molar-refractivity contribution < 1.29 is 9.18 Å². The molecule has 0 unspecified atom stereocenters. The van der Waals surface area contributed by atoms with E-state index in [-0.39, 0.29) is 17.4 Å². The fourth-order valence-electron chi connectivity index (χ4n) is 5.51. The second-order valence-electron chi connectivity index (χ2n) is 9.48. The van der Waals surface area contributed by atoms with Crippen molar-refractivity contribution in [2.75, 3.05) is 5.43 Å². The average molecular weight is 383 g/mol. The van der Waals surface area contributed by atoms with Gasteiger partial charge in [0.05, 0.1) is 10.9 Å². The minimum Gasteiger partial charge on any atom is -0.273 e. The van der Waals surface area contributed by atoms with Crippen LogP contribution >= 0.6 is 0 Å². The molecular weight excluding hydrogens is 357 g/mol. The summed E-state index contributed by atoms with van der Waals surface area (Å²) in [7, 11) is 0. The van der Waals surface area contributed by atoms with E-state index < -0.39 is 5.82 Å². The van der Waals surface area contributed by atoms with Crippen molar-refractivity contribution in [3.8, 4) is 0 Å². The summed E-state index contributed by atoms with van der Waals surface area (Å²) in [5.74, 6) is 1.92. The Bertz CT molecular complexity index is 1020. The minimum atomic E-state index is -0.415. The molecular formula is C22H26FN3O2. The molecule has 4 aliphatic rings.